The van der Waals surface area contributed by atoms with Crippen LogP contribution in [0.3, 0.4) is 0 Å². The van der Waals surface area contributed by atoms with Gasteiger partial charge in [-0.3, -0.25) is 4.79 Å². The smallest absolute Gasteiger partial charge is 0.248 e. The highest BCUT2D eigenvalue weighted by Gasteiger charge is 2.33. The van der Waals surface area contributed by atoms with E-state index < -0.39 is 5.91 Å². The number of nitrogens with one attached hydrogen (secondary N) is 1. The molecule has 1 aromatic carbocycles. The largest absolute Gasteiger partial charge is 0.366 e. The Labute approximate surface area is 152 Å². The van der Waals surface area contributed by atoms with Crippen LogP contribution in [0.5, 0.6) is 0 Å². The van der Waals surface area contributed by atoms with E-state index in [2.05, 4.69) is 15.4 Å². The summed E-state index contributed by atoms with van der Waals surface area (Å²) in [6.07, 6.45) is 0. The van der Waals surface area contributed by atoms with E-state index in [9.17, 15) is 4.79 Å². The second-order valence-corrected chi connectivity index (χ2v) is 7.07. The quantitative estimate of drug-likeness (QED) is 0.738. The molecule has 2 aromatic heterocycles. The zero-order valence-corrected chi connectivity index (χ0v) is 14.8. The lowest BCUT2D eigenvalue weighted by Crippen LogP contribution is -2.31. The zero-order valence-electron chi connectivity index (χ0n) is 13.2. The van der Waals surface area contributed by atoms with Gasteiger partial charge in [-0.25, -0.2) is 4.68 Å². The van der Waals surface area contributed by atoms with Gasteiger partial charge in [-0.15, -0.1) is 16.4 Å². The van der Waals surface area contributed by atoms with Crippen LogP contribution in [-0.4, -0.2) is 20.7 Å². The summed E-state index contributed by atoms with van der Waals surface area (Å²) in [4.78, 5) is 17.6. The summed E-state index contributed by atoms with van der Waals surface area (Å²) in [6, 6.07) is 10.8. The highest BCUT2D eigenvalue weighted by Crippen LogP contribution is 2.37. The first-order chi connectivity index (χ1) is 12.0. The molecule has 0 bridgehead atoms. The number of hydrogen-bond donors (Lipinski definition) is 2. The topological polar surface area (TPSA) is 85.8 Å². The third kappa shape index (κ3) is 2.71. The van der Waals surface area contributed by atoms with E-state index in [1.807, 2.05) is 36.6 Å². The summed E-state index contributed by atoms with van der Waals surface area (Å²) in [5.41, 5.74) is 7.66. The molecule has 25 heavy (non-hydrogen) atoms. The van der Waals surface area contributed by atoms with E-state index in [0.717, 1.165) is 10.4 Å². The molecule has 3 heterocycles. The molecule has 0 aliphatic carbocycles. The Bertz CT molecular complexity index is 975. The molecule has 0 radical (unpaired) electrons. The van der Waals surface area contributed by atoms with Crippen molar-refractivity contribution < 1.29 is 4.79 Å². The minimum atomic E-state index is -0.474. The molecular weight excluding hydrogens is 358 g/mol. The van der Waals surface area contributed by atoms with Crippen molar-refractivity contribution >= 4 is 34.8 Å². The number of fused-ring (bicyclic) bond motifs is 1. The Kier molecular flexibility index (Phi) is 3.82. The van der Waals surface area contributed by atoms with E-state index in [0.29, 0.717) is 28.1 Å². The minimum absolute atomic E-state index is 0.387. The molecule has 0 saturated carbocycles. The maximum atomic E-state index is 12.0. The zero-order chi connectivity index (χ0) is 17.6. The molecule has 3 aromatic rings. The molecule has 1 amide bonds. The Morgan fingerprint density at radius 3 is 2.72 bits per heavy atom. The molecule has 126 valence electrons. The lowest BCUT2D eigenvalue weighted by molar-refractivity contribution is -0.115. The van der Waals surface area contributed by atoms with Crippen LogP contribution in [0, 0.1) is 0 Å². The summed E-state index contributed by atoms with van der Waals surface area (Å²) in [7, 11) is 0. The highest BCUT2D eigenvalue weighted by molar-refractivity contribution is 7.10. The number of anilines is 1. The fourth-order valence-corrected chi connectivity index (χ4v) is 3.85. The molecule has 1 aliphatic rings. The SMILES string of the molecule is CC1=C(C(N)=O)[C@H](c2cccs2)n2nc(-c3ccc(Cl)cc3)nc2N1. The Hall–Kier alpha value is -2.64. The molecule has 8 heteroatoms. The van der Waals surface area contributed by atoms with Crippen LogP contribution in [0.25, 0.3) is 11.4 Å². The summed E-state index contributed by atoms with van der Waals surface area (Å²) < 4.78 is 1.71. The molecular formula is C17H14ClN5OS. The average Bonchev–Trinajstić information content (AvgIpc) is 3.23. The second-order valence-electron chi connectivity index (χ2n) is 5.66. The molecule has 0 unspecified atom stereocenters. The number of halogens is 1. The van der Waals surface area contributed by atoms with Crippen LogP contribution in [0.15, 0.2) is 53.0 Å². The number of thiophene rings is 1. The van der Waals surface area contributed by atoms with Gasteiger partial charge in [0.1, 0.15) is 6.04 Å². The average molecular weight is 372 g/mol. The third-order valence-corrected chi connectivity index (χ3v) is 5.21. The summed E-state index contributed by atoms with van der Waals surface area (Å²) >= 11 is 7.50. The Morgan fingerprint density at radius 1 is 1.32 bits per heavy atom. The lowest BCUT2D eigenvalue weighted by Gasteiger charge is -2.26. The van der Waals surface area contributed by atoms with Gasteiger partial charge in [0.15, 0.2) is 5.82 Å². The number of carbonyl (C=O) groups is 1. The van der Waals surface area contributed by atoms with Crippen LogP contribution >= 0.6 is 22.9 Å². The fourth-order valence-electron chi connectivity index (χ4n) is 2.90. The number of amides is 1. The molecule has 3 N–H and O–H groups in total. The number of allylic oxidation sites excluding steroid dienone is 1. The lowest BCUT2D eigenvalue weighted by atomic mass is 10.0. The van der Waals surface area contributed by atoms with Crippen LogP contribution in [-0.2, 0) is 4.79 Å². The number of nitrogens with two attached hydrogens (primary N) is 1. The van der Waals surface area contributed by atoms with Crippen molar-refractivity contribution in [1.29, 1.82) is 0 Å². The number of primary amides is 1. The predicted octanol–water partition coefficient (Wildman–Crippen LogP) is 3.43. The Balaban J connectivity index is 1.86. The van der Waals surface area contributed by atoms with Crippen LogP contribution in [0.1, 0.15) is 17.8 Å². The van der Waals surface area contributed by atoms with Crippen molar-refractivity contribution in [3.8, 4) is 11.4 Å². The second kappa shape index (κ2) is 6.02. The van der Waals surface area contributed by atoms with Gasteiger partial charge in [0.2, 0.25) is 11.9 Å². The van der Waals surface area contributed by atoms with Gasteiger partial charge in [-0.1, -0.05) is 17.7 Å². The number of benzene rings is 1. The van der Waals surface area contributed by atoms with Gasteiger partial charge < -0.3 is 11.1 Å². The van der Waals surface area contributed by atoms with Crippen molar-refractivity contribution in [1.82, 2.24) is 14.8 Å². The van der Waals surface area contributed by atoms with Crippen molar-refractivity contribution in [2.24, 2.45) is 5.73 Å². The van der Waals surface area contributed by atoms with Crippen molar-refractivity contribution in [3.05, 3.63) is 62.9 Å². The van der Waals surface area contributed by atoms with Crippen LogP contribution in [0.4, 0.5) is 5.95 Å². The van der Waals surface area contributed by atoms with Crippen molar-refractivity contribution in [2.45, 2.75) is 13.0 Å². The predicted molar refractivity (Wildman–Crippen MR) is 98.4 cm³/mol. The van der Waals surface area contributed by atoms with Crippen LogP contribution in [0.2, 0.25) is 5.02 Å². The van der Waals surface area contributed by atoms with E-state index in [1.54, 1.807) is 28.2 Å². The summed E-state index contributed by atoms with van der Waals surface area (Å²) in [5, 5.41) is 10.4. The normalized spacial score (nSPS) is 16.5. The summed E-state index contributed by atoms with van der Waals surface area (Å²) in [5.74, 6) is 0.655. The summed E-state index contributed by atoms with van der Waals surface area (Å²) in [6.45, 7) is 1.82. The third-order valence-electron chi connectivity index (χ3n) is 4.03. The number of aromatic nitrogens is 3. The van der Waals surface area contributed by atoms with E-state index in [4.69, 9.17) is 17.3 Å². The Morgan fingerprint density at radius 2 is 2.08 bits per heavy atom. The molecule has 0 fully saturated rings. The first-order valence-corrected chi connectivity index (χ1v) is 8.84. The van der Waals surface area contributed by atoms with E-state index in [1.165, 1.54) is 0 Å². The van der Waals surface area contributed by atoms with Crippen molar-refractivity contribution in [2.75, 3.05) is 5.32 Å². The number of rotatable bonds is 3. The number of nitrogens with zero attached hydrogens (tertiary/aromatic N) is 3. The molecule has 0 saturated heterocycles. The molecule has 1 atom stereocenters. The maximum Gasteiger partial charge on any atom is 0.248 e. The monoisotopic (exact) mass is 371 g/mol. The first kappa shape index (κ1) is 15.9. The van der Waals surface area contributed by atoms with Crippen LogP contribution < -0.4 is 11.1 Å². The molecule has 6 nitrogen and oxygen atoms in total. The van der Waals surface area contributed by atoms with Gasteiger partial charge >= 0.3 is 0 Å². The molecule has 4 rings (SSSR count). The van der Waals surface area contributed by atoms with E-state index in [-0.39, 0.29) is 6.04 Å². The first-order valence-electron chi connectivity index (χ1n) is 7.58. The van der Waals surface area contributed by atoms with Gasteiger partial charge in [0.25, 0.3) is 0 Å². The van der Waals surface area contributed by atoms with Crippen molar-refractivity contribution in [3.63, 3.8) is 0 Å². The maximum absolute atomic E-state index is 12.0. The molecule has 1 aliphatic heterocycles. The number of hydrogen-bond acceptors (Lipinski definition) is 5. The van der Waals surface area contributed by atoms with Gasteiger partial charge in [-0.2, -0.15) is 4.98 Å². The van der Waals surface area contributed by atoms with E-state index >= 15 is 0 Å². The fraction of sp³-hybridized carbons (Fsp3) is 0.118. The standard InChI is InChI=1S/C17H14ClN5OS/c1-9-13(15(19)24)14(12-3-2-8-25-12)23-17(20-9)21-16(22-23)10-4-6-11(18)7-5-10/h2-8,14H,1H3,(H2,19,24)(H,20,21,22)/t14-/m0/s1. The number of carbonyl (C=O) groups excluding carboxylic acids is 1. The van der Waals surface area contributed by atoms with Gasteiger partial charge in [0, 0.05) is 21.2 Å². The minimum Gasteiger partial charge on any atom is -0.366 e. The molecule has 0 spiro atoms. The van der Waals surface area contributed by atoms with Gasteiger partial charge in [0.05, 0.1) is 5.57 Å². The van der Waals surface area contributed by atoms with Gasteiger partial charge in [-0.05, 0) is 42.6 Å². The highest BCUT2D eigenvalue weighted by atomic mass is 35.5.